The van der Waals surface area contributed by atoms with Gasteiger partial charge in [0, 0.05) is 6.04 Å². The highest BCUT2D eigenvalue weighted by Crippen LogP contribution is 2.31. The standard InChI is InChI=1S/C11H19N/c12-11-7-10(8-11)6-9-4-2-1-3-5-9/h6,9,11H,1-5,7-8,12H2. The van der Waals surface area contributed by atoms with E-state index in [4.69, 9.17) is 5.73 Å². The first-order chi connectivity index (χ1) is 5.84. The van der Waals surface area contributed by atoms with Crippen molar-refractivity contribution in [2.75, 3.05) is 0 Å². The van der Waals surface area contributed by atoms with Crippen molar-refractivity contribution in [2.24, 2.45) is 11.7 Å². The fourth-order valence-corrected chi connectivity index (χ4v) is 2.38. The van der Waals surface area contributed by atoms with Crippen LogP contribution in [0.4, 0.5) is 0 Å². The molecule has 0 aliphatic heterocycles. The van der Waals surface area contributed by atoms with E-state index in [2.05, 4.69) is 6.08 Å². The third kappa shape index (κ3) is 1.89. The van der Waals surface area contributed by atoms with Crippen molar-refractivity contribution in [3.63, 3.8) is 0 Å². The molecule has 2 aliphatic carbocycles. The van der Waals surface area contributed by atoms with Crippen LogP contribution in [0.1, 0.15) is 44.9 Å². The van der Waals surface area contributed by atoms with E-state index in [1.54, 1.807) is 5.57 Å². The predicted octanol–water partition coefficient (Wildman–Crippen LogP) is 2.61. The summed E-state index contributed by atoms with van der Waals surface area (Å²) in [6, 6.07) is 0.486. The number of rotatable bonds is 1. The monoisotopic (exact) mass is 165 g/mol. The summed E-state index contributed by atoms with van der Waals surface area (Å²) in [4.78, 5) is 0. The first-order valence-corrected chi connectivity index (χ1v) is 5.30. The Kier molecular flexibility index (Phi) is 2.50. The highest BCUT2D eigenvalue weighted by molar-refractivity contribution is 5.16. The Hall–Kier alpha value is -0.300. The van der Waals surface area contributed by atoms with Crippen molar-refractivity contribution in [3.8, 4) is 0 Å². The topological polar surface area (TPSA) is 26.0 Å². The Morgan fingerprint density at radius 2 is 1.75 bits per heavy atom. The summed E-state index contributed by atoms with van der Waals surface area (Å²) < 4.78 is 0. The van der Waals surface area contributed by atoms with E-state index in [1.165, 1.54) is 44.9 Å². The summed E-state index contributed by atoms with van der Waals surface area (Å²) in [6.45, 7) is 0. The first kappa shape index (κ1) is 8.31. The third-order valence-corrected chi connectivity index (χ3v) is 3.17. The molecule has 2 N–H and O–H groups in total. The summed E-state index contributed by atoms with van der Waals surface area (Å²) in [5.74, 6) is 0.904. The molecule has 1 nitrogen and oxygen atoms in total. The molecule has 0 bridgehead atoms. The van der Waals surface area contributed by atoms with Gasteiger partial charge in [0.15, 0.2) is 0 Å². The van der Waals surface area contributed by atoms with Crippen LogP contribution in [-0.4, -0.2) is 6.04 Å². The minimum absolute atomic E-state index is 0.486. The molecule has 2 aliphatic rings. The molecule has 0 radical (unpaired) electrons. The molecule has 68 valence electrons. The van der Waals surface area contributed by atoms with Gasteiger partial charge in [-0.1, -0.05) is 30.9 Å². The van der Waals surface area contributed by atoms with Gasteiger partial charge in [-0.05, 0) is 31.6 Å². The molecule has 0 heterocycles. The smallest absolute Gasteiger partial charge is 0.0113 e. The van der Waals surface area contributed by atoms with Gasteiger partial charge in [-0.15, -0.1) is 0 Å². The molecule has 1 heteroatoms. The van der Waals surface area contributed by atoms with E-state index >= 15 is 0 Å². The van der Waals surface area contributed by atoms with Crippen molar-refractivity contribution in [1.82, 2.24) is 0 Å². The number of hydrogen-bond acceptors (Lipinski definition) is 1. The Morgan fingerprint density at radius 3 is 2.33 bits per heavy atom. The zero-order chi connectivity index (χ0) is 8.39. The van der Waals surface area contributed by atoms with Gasteiger partial charge in [-0.2, -0.15) is 0 Å². The molecule has 12 heavy (non-hydrogen) atoms. The van der Waals surface area contributed by atoms with E-state index in [0.717, 1.165) is 5.92 Å². The van der Waals surface area contributed by atoms with Gasteiger partial charge in [-0.3, -0.25) is 0 Å². The van der Waals surface area contributed by atoms with Crippen molar-refractivity contribution < 1.29 is 0 Å². The SMILES string of the molecule is NC1CC(=CC2CCCCC2)C1. The van der Waals surface area contributed by atoms with Gasteiger partial charge in [0.2, 0.25) is 0 Å². The molecule has 0 saturated heterocycles. The number of allylic oxidation sites excluding steroid dienone is 1. The Labute approximate surface area is 75.0 Å². The maximum atomic E-state index is 5.73. The van der Waals surface area contributed by atoms with Gasteiger partial charge in [-0.25, -0.2) is 0 Å². The molecule has 0 atom stereocenters. The maximum Gasteiger partial charge on any atom is 0.0113 e. The highest BCUT2D eigenvalue weighted by Gasteiger charge is 2.20. The second-order valence-electron chi connectivity index (χ2n) is 4.39. The van der Waals surface area contributed by atoms with Gasteiger partial charge in [0.25, 0.3) is 0 Å². The number of hydrogen-bond donors (Lipinski definition) is 1. The van der Waals surface area contributed by atoms with Crippen LogP contribution in [0.2, 0.25) is 0 Å². The quantitative estimate of drug-likeness (QED) is 0.594. The third-order valence-electron chi connectivity index (χ3n) is 3.17. The molecular weight excluding hydrogens is 146 g/mol. The molecule has 2 rings (SSSR count). The van der Waals surface area contributed by atoms with Gasteiger partial charge < -0.3 is 5.73 Å². The van der Waals surface area contributed by atoms with E-state index in [9.17, 15) is 0 Å². The lowest BCUT2D eigenvalue weighted by atomic mass is 9.81. The largest absolute Gasteiger partial charge is 0.327 e. The summed E-state index contributed by atoms with van der Waals surface area (Å²) >= 11 is 0. The van der Waals surface area contributed by atoms with Crippen molar-refractivity contribution in [3.05, 3.63) is 11.6 Å². The Bertz CT molecular complexity index is 169. The van der Waals surface area contributed by atoms with E-state index < -0.39 is 0 Å². The van der Waals surface area contributed by atoms with Crippen LogP contribution in [0.25, 0.3) is 0 Å². The predicted molar refractivity (Wildman–Crippen MR) is 51.9 cm³/mol. The zero-order valence-corrected chi connectivity index (χ0v) is 7.76. The average Bonchev–Trinajstić information content (AvgIpc) is 2.04. The van der Waals surface area contributed by atoms with Crippen molar-refractivity contribution in [2.45, 2.75) is 51.0 Å². The van der Waals surface area contributed by atoms with Gasteiger partial charge >= 0.3 is 0 Å². The molecule has 0 aromatic heterocycles. The summed E-state index contributed by atoms with van der Waals surface area (Å²) in [5, 5.41) is 0. The average molecular weight is 165 g/mol. The molecular formula is C11H19N. The van der Waals surface area contributed by atoms with E-state index in [-0.39, 0.29) is 0 Å². The molecule has 2 fully saturated rings. The van der Waals surface area contributed by atoms with Crippen LogP contribution in [-0.2, 0) is 0 Å². The number of nitrogens with two attached hydrogens (primary N) is 1. The molecule has 0 spiro atoms. The van der Waals surface area contributed by atoms with Crippen LogP contribution in [0.3, 0.4) is 0 Å². The van der Waals surface area contributed by atoms with E-state index in [1.807, 2.05) is 0 Å². The summed E-state index contributed by atoms with van der Waals surface area (Å²) in [6.07, 6.45) is 12.1. The lowest BCUT2D eigenvalue weighted by molar-refractivity contribution is 0.410. The molecule has 0 aromatic carbocycles. The molecule has 0 amide bonds. The molecule has 0 aromatic rings. The first-order valence-electron chi connectivity index (χ1n) is 5.30. The van der Waals surface area contributed by atoms with Crippen molar-refractivity contribution in [1.29, 1.82) is 0 Å². The fourth-order valence-electron chi connectivity index (χ4n) is 2.38. The zero-order valence-electron chi connectivity index (χ0n) is 7.76. The fraction of sp³-hybridized carbons (Fsp3) is 0.818. The maximum absolute atomic E-state index is 5.73. The Balaban J connectivity index is 1.81. The lowest BCUT2D eigenvalue weighted by Crippen LogP contribution is -2.30. The lowest BCUT2D eigenvalue weighted by Gasteiger charge is -2.28. The normalized spacial score (nSPS) is 31.4. The second kappa shape index (κ2) is 3.61. The van der Waals surface area contributed by atoms with Gasteiger partial charge in [0.05, 0.1) is 0 Å². The Morgan fingerprint density at radius 1 is 1.08 bits per heavy atom. The molecule has 2 saturated carbocycles. The summed E-state index contributed by atoms with van der Waals surface area (Å²) in [5.41, 5.74) is 7.37. The van der Waals surface area contributed by atoms with E-state index in [0.29, 0.717) is 6.04 Å². The second-order valence-corrected chi connectivity index (χ2v) is 4.39. The van der Waals surface area contributed by atoms with Crippen LogP contribution in [0, 0.1) is 5.92 Å². The minimum Gasteiger partial charge on any atom is -0.327 e. The van der Waals surface area contributed by atoms with Crippen LogP contribution < -0.4 is 5.73 Å². The van der Waals surface area contributed by atoms with Crippen LogP contribution in [0.5, 0.6) is 0 Å². The summed E-state index contributed by atoms with van der Waals surface area (Å²) in [7, 11) is 0. The van der Waals surface area contributed by atoms with Gasteiger partial charge in [0.1, 0.15) is 0 Å². The van der Waals surface area contributed by atoms with Crippen LogP contribution >= 0.6 is 0 Å². The van der Waals surface area contributed by atoms with Crippen molar-refractivity contribution >= 4 is 0 Å². The van der Waals surface area contributed by atoms with Crippen LogP contribution in [0.15, 0.2) is 11.6 Å². The minimum atomic E-state index is 0.486. The molecule has 0 unspecified atom stereocenters. The highest BCUT2D eigenvalue weighted by atomic mass is 14.7.